The number of aryl methyl sites for hydroxylation is 4. The first kappa shape index (κ1) is 39.8. The summed E-state index contributed by atoms with van der Waals surface area (Å²) in [6.45, 7) is 4.69. The van der Waals surface area contributed by atoms with Crippen LogP contribution < -0.4 is 20.7 Å². The number of nitrogens with one attached hydrogen (secondary N) is 3. The maximum atomic E-state index is 13.3. The number of hydrogen-bond acceptors (Lipinski definition) is 6. The number of carbonyl (C=O) groups excluding carboxylic acids is 5. The van der Waals surface area contributed by atoms with Gasteiger partial charge in [0.05, 0.1) is 12.3 Å². The molecule has 300 valence electrons. The van der Waals surface area contributed by atoms with E-state index in [1.54, 1.807) is 66.7 Å². The molecule has 3 N–H and O–H groups in total. The quantitative estimate of drug-likeness (QED) is 0.104. The second-order valence-corrected chi connectivity index (χ2v) is 15.5. The summed E-state index contributed by atoms with van der Waals surface area (Å²) in [5, 5.41) is 8.72. The molecule has 1 atom stereocenters. The fraction of sp³-hybridized carbons (Fsp3) is 0.326. The first-order valence-corrected chi connectivity index (χ1v) is 19.9. The Morgan fingerprint density at radius 3 is 2.14 bits per heavy atom. The summed E-state index contributed by atoms with van der Waals surface area (Å²) in [4.78, 5) is 65.9. The largest absolute Gasteiger partial charge is 0.493 e. The molecule has 0 spiro atoms. The topological polar surface area (TPSA) is 144 Å². The van der Waals surface area contributed by atoms with Gasteiger partial charge >= 0.3 is 0 Å². The molecule has 2 aliphatic heterocycles. The van der Waals surface area contributed by atoms with Crippen molar-refractivity contribution in [1.29, 1.82) is 0 Å². The lowest BCUT2D eigenvalue weighted by Gasteiger charge is -2.34. The Morgan fingerprint density at radius 1 is 0.759 bits per heavy atom. The lowest BCUT2D eigenvalue weighted by molar-refractivity contribution is -0.117. The number of hydrogen-bond donors (Lipinski definition) is 3. The van der Waals surface area contributed by atoms with Crippen LogP contribution in [0.3, 0.4) is 0 Å². The highest BCUT2D eigenvalue weighted by molar-refractivity contribution is 6.05. The van der Waals surface area contributed by atoms with Crippen LogP contribution in [0.4, 0.5) is 17.1 Å². The summed E-state index contributed by atoms with van der Waals surface area (Å²) in [5.41, 5.74) is 7.95. The van der Waals surface area contributed by atoms with E-state index in [0.29, 0.717) is 53.9 Å². The van der Waals surface area contributed by atoms with E-state index in [-0.39, 0.29) is 35.8 Å². The van der Waals surface area contributed by atoms with E-state index in [9.17, 15) is 24.0 Å². The van der Waals surface area contributed by atoms with E-state index in [1.807, 2.05) is 55.6 Å². The molecule has 0 radical (unpaired) electrons. The molecule has 0 saturated carbocycles. The number of fused-ring (bicyclic) bond motifs is 2. The predicted octanol–water partition coefficient (Wildman–Crippen LogP) is 7.71. The molecule has 0 aliphatic carbocycles. The van der Waals surface area contributed by atoms with Crippen LogP contribution in [0.1, 0.15) is 93.5 Å². The summed E-state index contributed by atoms with van der Waals surface area (Å²) in [7, 11) is 3.55. The molecular formula is C46H50N6O6. The van der Waals surface area contributed by atoms with E-state index >= 15 is 0 Å². The Hall–Kier alpha value is -6.43. The predicted molar refractivity (Wildman–Crippen MR) is 225 cm³/mol. The Bertz CT molecular complexity index is 2360. The number of ether oxygens (including phenoxy) is 1. The summed E-state index contributed by atoms with van der Waals surface area (Å²) < 4.78 is 9.53. The first-order chi connectivity index (χ1) is 27.9. The van der Waals surface area contributed by atoms with E-state index in [2.05, 4.69) is 20.9 Å². The number of Topliss-reactive ketones (excluding diaryl/α,β-unsaturated/α-hetero) is 1. The SMILES string of the molecule is CC(=O)Cc1ccc(NC(=O)c2cc(-c3ccc(NC(=O)c4cc(NC(=O)CCCOc5cc6c(cc5C)C(=O)N5CCCC[C@H]5CC6)cn4C)cc3)cn2C)cc1. The number of carbonyl (C=O) groups is 5. The Morgan fingerprint density at radius 2 is 1.43 bits per heavy atom. The van der Waals surface area contributed by atoms with Gasteiger partial charge in [-0.15, -0.1) is 0 Å². The lowest BCUT2D eigenvalue weighted by Crippen LogP contribution is -2.42. The minimum atomic E-state index is -0.328. The third-order valence-electron chi connectivity index (χ3n) is 11.0. The van der Waals surface area contributed by atoms with Crippen LogP contribution in [0, 0.1) is 6.92 Å². The highest BCUT2D eigenvalue weighted by Crippen LogP contribution is 2.33. The number of piperidine rings is 1. The van der Waals surface area contributed by atoms with Crippen LogP contribution in [0.15, 0.2) is 85.2 Å². The highest BCUT2D eigenvalue weighted by Gasteiger charge is 2.32. The van der Waals surface area contributed by atoms with Crippen molar-refractivity contribution in [2.24, 2.45) is 14.1 Å². The molecule has 12 heteroatoms. The molecule has 4 amide bonds. The number of nitrogens with zero attached hydrogens (tertiary/aromatic N) is 3. The molecule has 1 saturated heterocycles. The monoisotopic (exact) mass is 782 g/mol. The van der Waals surface area contributed by atoms with E-state index in [1.165, 1.54) is 6.42 Å². The van der Waals surface area contributed by atoms with Gasteiger partial charge in [-0.1, -0.05) is 24.3 Å². The fourth-order valence-electron chi connectivity index (χ4n) is 7.91. The van der Waals surface area contributed by atoms with Gasteiger partial charge < -0.3 is 34.7 Å². The molecule has 7 rings (SSSR count). The molecule has 2 aliphatic rings. The van der Waals surface area contributed by atoms with Gasteiger partial charge in [0.2, 0.25) is 5.91 Å². The minimum Gasteiger partial charge on any atom is -0.493 e. The van der Waals surface area contributed by atoms with Crippen molar-refractivity contribution >= 4 is 46.5 Å². The molecular weight excluding hydrogens is 733 g/mol. The molecule has 0 unspecified atom stereocenters. The van der Waals surface area contributed by atoms with Crippen molar-refractivity contribution in [3.05, 3.63) is 119 Å². The van der Waals surface area contributed by atoms with Crippen molar-refractivity contribution in [3.8, 4) is 16.9 Å². The van der Waals surface area contributed by atoms with Crippen LogP contribution in [0.5, 0.6) is 5.75 Å². The van der Waals surface area contributed by atoms with Crippen LogP contribution in [0.25, 0.3) is 11.1 Å². The van der Waals surface area contributed by atoms with Crippen LogP contribution in [0.2, 0.25) is 0 Å². The van der Waals surface area contributed by atoms with Crippen LogP contribution >= 0.6 is 0 Å². The van der Waals surface area contributed by atoms with Crippen molar-refractivity contribution in [2.45, 2.75) is 71.3 Å². The number of benzene rings is 3. The molecule has 58 heavy (non-hydrogen) atoms. The maximum absolute atomic E-state index is 13.3. The first-order valence-electron chi connectivity index (χ1n) is 19.9. The van der Waals surface area contributed by atoms with Gasteiger partial charge in [-0.25, -0.2) is 0 Å². The average molecular weight is 783 g/mol. The average Bonchev–Trinajstić information content (AvgIpc) is 3.74. The number of anilines is 3. The van der Waals surface area contributed by atoms with Crippen LogP contribution in [-0.4, -0.2) is 62.6 Å². The molecule has 1 fully saturated rings. The highest BCUT2D eigenvalue weighted by atomic mass is 16.5. The van der Waals surface area contributed by atoms with Gasteiger partial charge in [0, 0.05) is 74.4 Å². The second kappa shape index (κ2) is 17.4. The maximum Gasteiger partial charge on any atom is 0.272 e. The van der Waals surface area contributed by atoms with Gasteiger partial charge in [0.25, 0.3) is 17.7 Å². The number of ketones is 1. The Kier molecular flexibility index (Phi) is 11.9. The minimum absolute atomic E-state index is 0.0784. The summed E-state index contributed by atoms with van der Waals surface area (Å²) in [6, 6.07) is 22.3. The smallest absolute Gasteiger partial charge is 0.272 e. The second-order valence-electron chi connectivity index (χ2n) is 15.5. The van der Waals surface area contributed by atoms with Crippen molar-refractivity contribution in [3.63, 3.8) is 0 Å². The van der Waals surface area contributed by atoms with E-state index < -0.39 is 0 Å². The van der Waals surface area contributed by atoms with Gasteiger partial charge in [-0.2, -0.15) is 0 Å². The molecule has 4 heterocycles. The zero-order chi connectivity index (χ0) is 40.9. The molecule has 2 aromatic heterocycles. The molecule has 5 aromatic rings. The standard InChI is InChI=1S/C46H50N6O6/c1-29-22-39-33(14-19-38-8-5-6-20-52(38)46(39)57)25-42(29)58-21-7-9-43(54)47-37-26-41(51(4)28-37)45(56)49-36-17-12-32(13-18-36)34-24-40(50(3)27-34)44(55)48-35-15-10-31(11-16-35)23-30(2)53/h10-13,15-18,22,24-28,38H,5-9,14,19-21,23H2,1-4H3,(H,47,54)(H,48,55)(H,49,56)/t38-/m0/s1. The Balaban J connectivity index is 0.881. The fourth-order valence-corrected chi connectivity index (χ4v) is 7.91. The van der Waals surface area contributed by atoms with Crippen molar-refractivity contribution in [2.75, 3.05) is 29.1 Å². The molecule has 3 aromatic carbocycles. The summed E-state index contributed by atoms with van der Waals surface area (Å²) >= 11 is 0. The lowest BCUT2D eigenvalue weighted by atomic mass is 9.97. The normalized spacial score (nSPS) is 14.9. The van der Waals surface area contributed by atoms with Crippen molar-refractivity contribution in [1.82, 2.24) is 14.0 Å². The summed E-state index contributed by atoms with van der Waals surface area (Å²) in [6.07, 6.45) is 9.81. The number of aromatic nitrogens is 2. The van der Waals surface area contributed by atoms with Gasteiger partial charge in [0.1, 0.15) is 22.9 Å². The van der Waals surface area contributed by atoms with Crippen LogP contribution in [-0.2, 0) is 36.5 Å². The van der Waals surface area contributed by atoms with Gasteiger partial charge in [-0.3, -0.25) is 24.0 Å². The third-order valence-corrected chi connectivity index (χ3v) is 11.0. The summed E-state index contributed by atoms with van der Waals surface area (Å²) in [5.74, 6) is 0.196. The zero-order valence-corrected chi connectivity index (χ0v) is 33.5. The Labute approximate surface area is 338 Å². The zero-order valence-electron chi connectivity index (χ0n) is 33.5. The van der Waals surface area contributed by atoms with Gasteiger partial charge in [-0.05, 0) is 123 Å². The molecule has 0 bridgehead atoms. The van der Waals surface area contributed by atoms with E-state index in [0.717, 1.165) is 71.4 Å². The van der Waals surface area contributed by atoms with E-state index in [4.69, 9.17) is 4.74 Å². The number of amides is 4. The van der Waals surface area contributed by atoms with Crippen molar-refractivity contribution < 1.29 is 28.7 Å². The third kappa shape index (κ3) is 9.23. The number of rotatable bonds is 13. The van der Waals surface area contributed by atoms with Gasteiger partial charge in [0.15, 0.2) is 0 Å². The molecule has 12 nitrogen and oxygen atoms in total.